The van der Waals surface area contributed by atoms with Gasteiger partial charge in [0.15, 0.2) is 0 Å². The van der Waals surface area contributed by atoms with Crippen LogP contribution >= 0.6 is 0 Å². The zero-order valence-corrected chi connectivity index (χ0v) is 11.8. The first-order chi connectivity index (χ1) is 8.20. The van der Waals surface area contributed by atoms with E-state index in [4.69, 9.17) is 0 Å². The van der Waals surface area contributed by atoms with E-state index in [0.29, 0.717) is 6.04 Å². The Morgan fingerprint density at radius 1 is 1.24 bits per heavy atom. The standard InChI is InChI=1S/C14H29N3/c1-4-13-11-17(8-5-7-15-13)14-6-9-16(3)10-12(14)2/h12-15H,4-11H2,1-3H3. The molecule has 2 aliphatic heterocycles. The van der Waals surface area contributed by atoms with Crippen LogP contribution in [-0.4, -0.2) is 61.7 Å². The predicted molar refractivity (Wildman–Crippen MR) is 73.3 cm³/mol. The molecule has 3 atom stereocenters. The van der Waals surface area contributed by atoms with E-state index in [1.54, 1.807) is 0 Å². The fraction of sp³-hybridized carbons (Fsp3) is 1.00. The lowest BCUT2D eigenvalue weighted by atomic mass is 9.92. The molecule has 0 saturated carbocycles. The van der Waals surface area contributed by atoms with Crippen LogP contribution in [0.15, 0.2) is 0 Å². The fourth-order valence-electron chi connectivity index (χ4n) is 3.49. The quantitative estimate of drug-likeness (QED) is 0.786. The van der Waals surface area contributed by atoms with E-state index in [-0.39, 0.29) is 0 Å². The largest absolute Gasteiger partial charge is 0.313 e. The highest BCUT2D eigenvalue weighted by atomic mass is 15.2. The molecule has 0 spiro atoms. The smallest absolute Gasteiger partial charge is 0.0192 e. The summed E-state index contributed by atoms with van der Waals surface area (Å²) >= 11 is 0. The second kappa shape index (κ2) is 6.17. The Morgan fingerprint density at radius 3 is 2.76 bits per heavy atom. The molecule has 100 valence electrons. The van der Waals surface area contributed by atoms with Crippen molar-refractivity contribution in [1.29, 1.82) is 0 Å². The molecule has 2 saturated heterocycles. The van der Waals surface area contributed by atoms with Crippen molar-refractivity contribution >= 4 is 0 Å². The van der Waals surface area contributed by atoms with Gasteiger partial charge in [-0.2, -0.15) is 0 Å². The van der Waals surface area contributed by atoms with Crippen molar-refractivity contribution in [3.8, 4) is 0 Å². The maximum Gasteiger partial charge on any atom is 0.0192 e. The van der Waals surface area contributed by atoms with E-state index in [1.807, 2.05) is 0 Å². The van der Waals surface area contributed by atoms with Gasteiger partial charge in [0.25, 0.3) is 0 Å². The minimum absolute atomic E-state index is 0.712. The molecular weight excluding hydrogens is 210 g/mol. The van der Waals surface area contributed by atoms with Crippen LogP contribution in [0.5, 0.6) is 0 Å². The van der Waals surface area contributed by atoms with Crippen LogP contribution in [0.3, 0.4) is 0 Å². The Hall–Kier alpha value is -0.120. The van der Waals surface area contributed by atoms with Gasteiger partial charge < -0.3 is 10.2 Å². The highest BCUT2D eigenvalue weighted by Gasteiger charge is 2.30. The highest BCUT2D eigenvalue weighted by molar-refractivity contribution is 4.87. The molecule has 2 fully saturated rings. The van der Waals surface area contributed by atoms with Crippen LogP contribution in [0.4, 0.5) is 0 Å². The van der Waals surface area contributed by atoms with E-state index < -0.39 is 0 Å². The summed E-state index contributed by atoms with van der Waals surface area (Å²) in [5, 5.41) is 3.67. The Morgan fingerprint density at radius 2 is 2.06 bits per heavy atom. The summed E-state index contributed by atoms with van der Waals surface area (Å²) in [5.74, 6) is 0.823. The van der Waals surface area contributed by atoms with Gasteiger partial charge >= 0.3 is 0 Å². The van der Waals surface area contributed by atoms with Gasteiger partial charge in [-0.1, -0.05) is 13.8 Å². The maximum atomic E-state index is 3.67. The van der Waals surface area contributed by atoms with E-state index in [2.05, 4.69) is 36.0 Å². The first kappa shape index (κ1) is 13.3. The van der Waals surface area contributed by atoms with Gasteiger partial charge in [0, 0.05) is 25.2 Å². The average Bonchev–Trinajstić information content (AvgIpc) is 2.54. The normalized spacial score (nSPS) is 37.9. The van der Waals surface area contributed by atoms with E-state index in [0.717, 1.165) is 12.0 Å². The summed E-state index contributed by atoms with van der Waals surface area (Å²) in [6.45, 7) is 11.0. The molecule has 0 aromatic heterocycles. The van der Waals surface area contributed by atoms with Crippen LogP contribution in [0, 0.1) is 5.92 Å². The van der Waals surface area contributed by atoms with Crippen molar-refractivity contribution in [1.82, 2.24) is 15.1 Å². The lowest BCUT2D eigenvalue weighted by Gasteiger charge is -2.42. The summed E-state index contributed by atoms with van der Waals surface area (Å²) in [7, 11) is 2.26. The van der Waals surface area contributed by atoms with Gasteiger partial charge in [-0.05, 0) is 51.9 Å². The molecule has 3 nitrogen and oxygen atoms in total. The summed E-state index contributed by atoms with van der Waals surface area (Å²) in [5.41, 5.74) is 0. The van der Waals surface area contributed by atoms with Gasteiger partial charge in [0.2, 0.25) is 0 Å². The van der Waals surface area contributed by atoms with E-state index in [1.165, 1.54) is 52.0 Å². The van der Waals surface area contributed by atoms with Crippen LogP contribution in [0.2, 0.25) is 0 Å². The SMILES string of the molecule is CCC1CN(C2CCN(C)CC2C)CCCN1. The number of rotatable bonds is 2. The molecule has 3 heteroatoms. The molecule has 0 aromatic carbocycles. The number of nitrogens with one attached hydrogen (secondary N) is 1. The number of nitrogens with zero attached hydrogens (tertiary/aromatic N) is 2. The fourth-order valence-corrected chi connectivity index (χ4v) is 3.49. The minimum atomic E-state index is 0.712. The molecule has 0 bridgehead atoms. The first-order valence-electron chi connectivity index (χ1n) is 7.36. The lowest BCUT2D eigenvalue weighted by Crippen LogP contribution is -2.51. The monoisotopic (exact) mass is 239 g/mol. The second-order valence-electron chi connectivity index (χ2n) is 6.00. The molecule has 3 unspecified atom stereocenters. The summed E-state index contributed by atoms with van der Waals surface area (Å²) in [4.78, 5) is 5.25. The Balaban J connectivity index is 1.95. The summed E-state index contributed by atoms with van der Waals surface area (Å²) < 4.78 is 0. The van der Waals surface area contributed by atoms with Crippen LogP contribution in [0.1, 0.15) is 33.1 Å². The molecule has 2 heterocycles. The van der Waals surface area contributed by atoms with Crippen molar-refractivity contribution in [2.24, 2.45) is 5.92 Å². The van der Waals surface area contributed by atoms with Crippen molar-refractivity contribution < 1.29 is 0 Å². The molecule has 0 amide bonds. The molecule has 2 aliphatic rings. The molecule has 2 rings (SSSR count). The van der Waals surface area contributed by atoms with Gasteiger partial charge in [0.05, 0.1) is 0 Å². The van der Waals surface area contributed by atoms with E-state index >= 15 is 0 Å². The minimum Gasteiger partial charge on any atom is -0.313 e. The highest BCUT2D eigenvalue weighted by Crippen LogP contribution is 2.22. The van der Waals surface area contributed by atoms with Crippen molar-refractivity contribution in [3.05, 3.63) is 0 Å². The molecule has 0 aliphatic carbocycles. The Labute approximate surface area is 107 Å². The summed E-state index contributed by atoms with van der Waals surface area (Å²) in [6.07, 6.45) is 3.93. The number of likely N-dealkylation sites (tertiary alicyclic amines) is 1. The third kappa shape index (κ3) is 3.43. The molecular formula is C14H29N3. The number of hydrogen-bond acceptors (Lipinski definition) is 3. The summed E-state index contributed by atoms with van der Waals surface area (Å²) in [6, 6.07) is 1.53. The molecule has 17 heavy (non-hydrogen) atoms. The van der Waals surface area contributed by atoms with Crippen LogP contribution < -0.4 is 5.32 Å². The second-order valence-corrected chi connectivity index (χ2v) is 6.00. The maximum absolute atomic E-state index is 3.67. The Kier molecular flexibility index (Phi) is 4.83. The van der Waals surface area contributed by atoms with Crippen LogP contribution in [-0.2, 0) is 0 Å². The van der Waals surface area contributed by atoms with E-state index in [9.17, 15) is 0 Å². The first-order valence-corrected chi connectivity index (χ1v) is 7.36. The third-order valence-corrected chi connectivity index (χ3v) is 4.53. The average molecular weight is 239 g/mol. The third-order valence-electron chi connectivity index (χ3n) is 4.53. The molecule has 0 aromatic rings. The number of hydrogen-bond donors (Lipinski definition) is 1. The predicted octanol–water partition coefficient (Wildman–Crippen LogP) is 1.40. The zero-order chi connectivity index (χ0) is 12.3. The number of piperidine rings is 1. The molecule has 1 N–H and O–H groups in total. The van der Waals surface area contributed by atoms with Crippen LogP contribution in [0.25, 0.3) is 0 Å². The van der Waals surface area contributed by atoms with Gasteiger partial charge in [-0.25, -0.2) is 0 Å². The zero-order valence-electron chi connectivity index (χ0n) is 11.8. The van der Waals surface area contributed by atoms with Crippen molar-refractivity contribution in [2.75, 3.05) is 39.8 Å². The van der Waals surface area contributed by atoms with Crippen molar-refractivity contribution in [2.45, 2.75) is 45.2 Å². The van der Waals surface area contributed by atoms with Gasteiger partial charge in [-0.3, -0.25) is 4.90 Å². The molecule has 0 radical (unpaired) electrons. The van der Waals surface area contributed by atoms with Gasteiger partial charge in [0.1, 0.15) is 0 Å². The topological polar surface area (TPSA) is 18.5 Å². The van der Waals surface area contributed by atoms with Gasteiger partial charge in [-0.15, -0.1) is 0 Å². The Bertz CT molecular complexity index is 232. The lowest BCUT2D eigenvalue weighted by molar-refractivity contribution is 0.0737. The van der Waals surface area contributed by atoms with Crippen molar-refractivity contribution in [3.63, 3.8) is 0 Å².